The lowest BCUT2D eigenvalue weighted by atomic mass is 10.3. The van der Waals surface area contributed by atoms with Crippen molar-refractivity contribution in [1.82, 2.24) is 10.3 Å². The van der Waals surface area contributed by atoms with Crippen LogP contribution in [0.1, 0.15) is 16.2 Å². The summed E-state index contributed by atoms with van der Waals surface area (Å²) in [6.45, 7) is 0.332. The largest absolute Gasteiger partial charge is 0.467 e. The number of amides is 1. The molecule has 2 heterocycles. The van der Waals surface area contributed by atoms with E-state index < -0.39 is 0 Å². The molecule has 3 rings (SSSR count). The number of nitrogens with zero attached hydrogens (tertiary/aromatic N) is 1. The van der Waals surface area contributed by atoms with Gasteiger partial charge in [0.2, 0.25) is 0 Å². The zero-order valence-corrected chi connectivity index (χ0v) is 12.9. The van der Waals surface area contributed by atoms with Gasteiger partial charge in [-0.3, -0.25) is 4.79 Å². The number of rotatable bonds is 5. The highest BCUT2D eigenvalue weighted by Crippen LogP contribution is 2.18. The topological polar surface area (TPSA) is 67.2 Å². The van der Waals surface area contributed by atoms with Crippen LogP contribution in [0, 0.1) is 0 Å². The number of hydrogen-bond donors (Lipinski definition) is 2. The van der Waals surface area contributed by atoms with Crippen LogP contribution in [0.4, 0.5) is 11.4 Å². The van der Waals surface area contributed by atoms with Gasteiger partial charge < -0.3 is 15.1 Å². The summed E-state index contributed by atoms with van der Waals surface area (Å²) in [5.41, 5.74) is 2.03. The van der Waals surface area contributed by atoms with Crippen LogP contribution < -0.4 is 10.6 Å². The Labute approximate surface area is 138 Å². The second-order valence-electron chi connectivity index (χ2n) is 4.83. The van der Waals surface area contributed by atoms with Crippen LogP contribution in [-0.2, 0) is 6.54 Å². The Bertz CT molecular complexity index is 769. The lowest BCUT2D eigenvalue weighted by Gasteiger charge is -2.07. The van der Waals surface area contributed by atoms with E-state index in [1.54, 1.807) is 48.9 Å². The fraction of sp³-hybridized carbons (Fsp3) is 0.0588. The van der Waals surface area contributed by atoms with Gasteiger partial charge in [-0.25, -0.2) is 4.98 Å². The van der Waals surface area contributed by atoms with Gasteiger partial charge >= 0.3 is 0 Å². The first-order valence-corrected chi connectivity index (χ1v) is 7.38. The number of furan rings is 1. The normalized spacial score (nSPS) is 10.3. The monoisotopic (exact) mass is 327 g/mol. The highest BCUT2D eigenvalue weighted by Gasteiger charge is 2.07. The summed E-state index contributed by atoms with van der Waals surface area (Å²) in [5, 5.41) is 6.61. The molecule has 116 valence electrons. The molecule has 1 amide bonds. The van der Waals surface area contributed by atoms with E-state index in [1.165, 1.54) is 0 Å². The number of carbonyl (C=O) groups excluding carboxylic acids is 1. The van der Waals surface area contributed by atoms with Crippen LogP contribution in [0.3, 0.4) is 0 Å². The predicted molar refractivity (Wildman–Crippen MR) is 88.8 cm³/mol. The second-order valence-corrected chi connectivity index (χ2v) is 5.26. The number of halogens is 1. The Kier molecular flexibility index (Phi) is 4.59. The Balaban J connectivity index is 1.59. The van der Waals surface area contributed by atoms with Crippen molar-refractivity contribution in [2.24, 2.45) is 0 Å². The first-order chi connectivity index (χ1) is 11.2. The number of anilines is 2. The van der Waals surface area contributed by atoms with Gasteiger partial charge in [0, 0.05) is 10.7 Å². The van der Waals surface area contributed by atoms with Gasteiger partial charge in [0.05, 0.1) is 24.7 Å². The zero-order valence-electron chi connectivity index (χ0n) is 12.1. The summed E-state index contributed by atoms with van der Waals surface area (Å²) in [7, 11) is 0. The molecule has 6 heteroatoms. The van der Waals surface area contributed by atoms with Crippen molar-refractivity contribution in [3.8, 4) is 0 Å². The standard InChI is InChI=1S/C17H14ClN3O2/c18-12-3-5-13(6-4-12)21-14-7-8-16(19-10-14)17(22)20-11-15-2-1-9-23-15/h1-10,21H,11H2,(H,20,22). The molecule has 0 saturated heterocycles. The summed E-state index contributed by atoms with van der Waals surface area (Å²) >= 11 is 5.85. The van der Waals surface area contributed by atoms with E-state index in [9.17, 15) is 4.79 Å². The van der Waals surface area contributed by atoms with Crippen molar-refractivity contribution < 1.29 is 9.21 Å². The van der Waals surface area contributed by atoms with E-state index in [4.69, 9.17) is 16.0 Å². The molecule has 1 aromatic carbocycles. The fourth-order valence-electron chi connectivity index (χ4n) is 1.97. The van der Waals surface area contributed by atoms with Crippen molar-refractivity contribution in [3.05, 3.63) is 77.5 Å². The molecule has 0 unspecified atom stereocenters. The Morgan fingerprint density at radius 1 is 1.09 bits per heavy atom. The maximum atomic E-state index is 12.0. The summed E-state index contributed by atoms with van der Waals surface area (Å²) in [6, 6.07) is 14.4. The van der Waals surface area contributed by atoms with Gasteiger partial charge in [0.25, 0.3) is 5.91 Å². The first-order valence-electron chi connectivity index (χ1n) is 7.00. The molecule has 23 heavy (non-hydrogen) atoms. The number of hydrogen-bond acceptors (Lipinski definition) is 4. The third-order valence-corrected chi connectivity index (χ3v) is 3.38. The first kappa shape index (κ1) is 15.1. The van der Waals surface area contributed by atoms with E-state index in [2.05, 4.69) is 15.6 Å². The van der Waals surface area contributed by atoms with Gasteiger partial charge in [-0.15, -0.1) is 0 Å². The average molecular weight is 328 g/mol. The van der Waals surface area contributed by atoms with Crippen LogP contribution in [0.25, 0.3) is 0 Å². The molecule has 0 saturated carbocycles. The minimum atomic E-state index is -0.251. The van der Waals surface area contributed by atoms with Crippen molar-refractivity contribution in [3.63, 3.8) is 0 Å². The molecule has 3 aromatic rings. The van der Waals surface area contributed by atoms with E-state index >= 15 is 0 Å². The number of carbonyl (C=O) groups is 1. The molecule has 5 nitrogen and oxygen atoms in total. The quantitative estimate of drug-likeness (QED) is 0.743. The van der Waals surface area contributed by atoms with Gasteiger partial charge in [-0.2, -0.15) is 0 Å². The summed E-state index contributed by atoms with van der Waals surface area (Å²) < 4.78 is 5.16. The second kappa shape index (κ2) is 6.98. The third-order valence-electron chi connectivity index (χ3n) is 3.13. The average Bonchev–Trinajstić information content (AvgIpc) is 3.09. The van der Waals surface area contributed by atoms with Gasteiger partial charge in [-0.05, 0) is 48.5 Å². The molecule has 0 atom stereocenters. The third kappa shape index (κ3) is 4.11. The van der Waals surface area contributed by atoms with E-state index in [0.717, 1.165) is 11.4 Å². The van der Waals surface area contributed by atoms with Gasteiger partial charge in [0.15, 0.2) is 0 Å². The molecule has 0 aliphatic carbocycles. The molecule has 0 aliphatic rings. The fourth-order valence-corrected chi connectivity index (χ4v) is 2.10. The number of pyridine rings is 1. The van der Waals surface area contributed by atoms with E-state index in [0.29, 0.717) is 23.0 Å². The maximum absolute atomic E-state index is 12.0. The van der Waals surface area contributed by atoms with Crippen molar-refractivity contribution >= 4 is 28.9 Å². The zero-order chi connectivity index (χ0) is 16.1. The van der Waals surface area contributed by atoms with Crippen molar-refractivity contribution in [2.45, 2.75) is 6.54 Å². The lowest BCUT2D eigenvalue weighted by Crippen LogP contribution is -2.23. The van der Waals surface area contributed by atoms with Gasteiger partial charge in [0.1, 0.15) is 11.5 Å². The van der Waals surface area contributed by atoms with Crippen LogP contribution in [0.5, 0.6) is 0 Å². The minimum Gasteiger partial charge on any atom is -0.467 e. The van der Waals surface area contributed by atoms with Crippen molar-refractivity contribution in [2.75, 3.05) is 5.32 Å². The molecule has 0 fully saturated rings. The van der Waals surface area contributed by atoms with E-state index in [1.807, 2.05) is 12.1 Å². The lowest BCUT2D eigenvalue weighted by molar-refractivity contribution is 0.0943. The van der Waals surface area contributed by atoms with E-state index in [-0.39, 0.29) is 5.91 Å². The highest BCUT2D eigenvalue weighted by molar-refractivity contribution is 6.30. The molecule has 0 spiro atoms. The van der Waals surface area contributed by atoms with Crippen LogP contribution in [-0.4, -0.2) is 10.9 Å². The molecular formula is C17H14ClN3O2. The Morgan fingerprint density at radius 2 is 1.87 bits per heavy atom. The smallest absolute Gasteiger partial charge is 0.270 e. The number of benzene rings is 1. The van der Waals surface area contributed by atoms with Crippen molar-refractivity contribution in [1.29, 1.82) is 0 Å². The van der Waals surface area contributed by atoms with Crippen LogP contribution >= 0.6 is 11.6 Å². The molecule has 2 N–H and O–H groups in total. The molecular weight excluding hydrogens is 314 g/mol. The predicted octanol–water partition coefficient (Wildman–Crippen LogP) is 4.00. The molecule has 0 radical (unpaired) electrons. The Morgan fingerprint density at radius 3 is 2.52 bits per heavy atom. The number of aromatic nitrogens is 1. The summed E-state index contributed by atoms with van der Waals surface area (Å²) in [6.07, 6.45) is 3.17. The number of nitrogens with one attached hydrogen (secondary N) is 2. The van der Waals surface area contributed by atoms with Gasteiger partial charge in [-0.1, -0.05) is 11.6 Å². The Hall–Kier alpha value is -2.79. The SMILES string of the molecule is O=C(NCc1ccco1)c1ccc(Nc2ccc(Cl)cc2)cn1. The minimum absolute atomic E-state index is 0.251. The summed E-state index contributed by atoms with van der Waals surface area (Å²) in [4.78, 5) is 16.2. The molecule has 2 aromatic heterocycles. The molecule has 0 aliphatic heterocycles. The molecule has 0 bridgehead atoms. The van der Waals surface area contributed by atoms with Crippen LogP contribution in [0.2, 0.25) is 5.02 Å². The maximum Gasteiger partial charge on any atom is 0.270 e. The summed E-state index contributed by atoms with van der Waals surface area (Å²) in [5.74, 6) is 0.443. The van der Waals surface area contributed by atoms with Crippen LogP contribution in [0.15, 0.2) is 65.4 Å². The highest BCUT2D eigenvalue weighted by atomic mass is 35.5.